The van der Waals surface area contributed by atoms with Crippen molar-refractivity contribution in [1.82, 2.24) is 4.90 Å². The minimum atomic E-state index is -0.571. The molecule has 1 saturated heterocycles. The van der Waals surface area contributed by atoms with Crippen LogP contribution < -0.4 is 5.73 Å². The second kappa shape index (κ2) is 4.37. The third kappa shape index (κ3) is 2.13. The molecule has 0 bridgehead atoms. The van der Waals surface area contributed by atoms with Gasteiger partial charge in [-0.3, -0.25) is 4.79 Å². The Balaban J connectivity index is 1.71. The molecule has 1 aromatic carbocycles. The lowest BCUT2D eigenvalue weighted by molar-refractivity contribution is -0.141. The van der Waals surface area contributed by atoms with E-state index in [-0.39, 0.29) is 12.0 Å². The highest BCUT2D eigenvalue weighted by atomic mass is 16.5. The van der Waals surface area contributed by atoms with Gasteiger partial charge >= 0.3 is 0 Å². The molecule has 4 nitrogen and oxygen atoms in total. The number of nitrogens with two attached hydrogens (primary N) is 1. The van der Waals surface area contributed by atoms with E-state index in [1.54, 1.807) is 0 Å². The lowest BCUT2D eigenvalue weighted by Gasteiger charge is -2.34. The van der Waals surface area contributed by atoms with Gasteiger partial charge in [0.1, 0.15) is 6.10 Å². The maximum atomic E-state index is 12.2. The third-order valence-electron chi connectivity index (χ3n) is 3.74. The van der Waals surface area contributed by atoms with E-state index in [9.17, 15) is 4.79 Å². The molecule has 1 saturated carbocycles. The van der Waals surface area contributed by atoms with E-state index in [0.717, 1.165) is 18.4 Å². The van der Waals surface area contributed by atoms with Crippen molar-refractivity contribution in [3.8, 4) is 0 Å². The SMILES string of the molecule is NC1(C(=O)N2CCOC(c3ccccc3)C2)CC1. The topological polar surface area (TPSA) is 55.6 Å². The molecule has 0 aromatic heterocycles. The molecule has 1 heterocycles. The van der Waals surface area contributed by atoms with Crippen molar-refractivity contribution >= 4 is 5.91 Å². The molecule has 1 aromatic rings. The molecule has 1 unspecified atom stereocenters. The van der Waals surface area contributed by atoms with Crippen LogP contribution in [-0.4, -0.2) is 36.0 Å². The van der Waals surface area contributed by atoms with Crippen molar-refractivity contribution in [2.75, 3.05) is 19.7 Å². The number of rotatable bonds is 2. The van der Waals surface area contributed by atoms with Gasteiger partial charge in [0.15, 0.2) is 0 Å². The zero-order valence-corrected chi connectivity index (χ0v) is 10.3. The van der Waals surface area contributed by atoms with Gasteiger partial charge in [-0.25, -0.2) is 0 Å². The van der Waals surface area contributed by atoms with Crippen molar-refractivity contribution in [2.24, 2.45) is 5.73 Å². The molecule has 1 atom stereocenters. The van der Waals surface area contributed by atoms with E-state index >= 15 is 0 Å². The van der Waals surface area contributed by atoms with Crippen LogP contribution in [0.2, 0.25) is 0 Å². The summed E-state index contributed by atoms with van der Waals surface area (Å²) in [6.07, 6.45) is 1.62. The number of hydrogen-bond acceptors (Lipinski definition) is 3. The first-order valence-corrected chi connectivity index (χ1v) is 6.44. The summed E-state index contributed by atoms with van der Waals surface area (Å²) in [5.41, 5.74) is 6.52. The number of nitrogens with zero attached hydrogens (tertiary/aromatic N) is 1. The van der Waals surface area contributed by atoms with Gasteiger partial charge in [0, 0.05) is 6.54 Å². The summed E-state index contributed by atoms with van der Waals surface area (Å²) in [6, 6.07) is 10.0. The second-order valence-electron chi connectivity index (χ2n) is 5.18. The van der Waals surface area contributed by atoms with Crippen molar-refractivity contribution in [2.45, 2.75) is 24.5 Å². The molecule has 2 fully saturated rings. The van der Waals surface area contributed by atoms with Crippen molar-refractivity contribution < 1.29 is 9.53 Å². The van der Waals surface area contributed by atoms with Gasteiger partial charge in [-0.05, 0) is 18.4 Å². The number of ether oxygens (including phenoxy) is 1. The first kappa shape index (κ1) is 11.7. The zero-order valence-electron chi connectivity index (χ0n) is 10.3. The summed E-state index contributed by atoms with van der Waals surface area (Å²) in [5, 5.41) is 0. The van der Waals surface area contributed by atoms with Gasteiger partial charge in [-0.15, -0.1) is 0 Å². The average Bonchev–Trinajstić information content (AvgIpc) is 3.18. The standard InChI is InChI=1S/C14H18N2O2/c15-14(6-7-14)13(17)16-8-9-18-12(10-16)11-4-2-1-3-5-11/h1-5,12H,6-10,15H2. The van der Waals surface area contributed by atoms with Crippen molar-refractivity contribution in [3.05, 3.63) is 35.9 Å². The largest absolute Gasteiger partial charge is 0.370 e. The molecule has 0 radical (unpaired) electrons. The lowest BCUT2D eigenvalue weighted by Crippen LogP contribution is -2.50. The highest BCUT2D eigenvalue weighted by molar-refractivity contribution is 5.89. The van der Waals surface area contributed by atoms with Crippen LogP contribution in [0.25, 0.3) is 0 Å². The monoisotopic (exact) mass is 246 g/mol. The molecule has 0 spiro atoms. The fraction of sp³-hybridized carbons (Fsp3) is 0.500. The molecule has 2 aliphatic rings. The number of carbonyl (C=O) groups is 1. The van der Waals surface area contributed by atoms with Crippen molar-refractivity contribution in [3.63, 3.8) is 0 Å². The molecule has 2 N–H and O–H groups in total. The molecular formula is C14H18N2O2. The fourth-order valence-corrected chi connectivity index (χ4v) is 2.37. The average molecular weight is 246 g/mol. The molecule has 1 aliphatic heterocycles. The smallest absolute Gasteiger partial charge is 0.242 e. The van der Waals surface area contributed by atoms with Gasteiger partial charge in [0.05, 0.1) is 18.7 Å². The van der Waals surface area contributed by atoms with E-state index in [0.29, 0.717) is 19.7 Å². The first-order chi connectivity index (χ1) is 8.69. The summed E-state index contributed by atoms with van der Waals surface area (Å²) < 4.78 is 5.74. The van der Waals surface area contributed by atoms with Crippen LogP contribution in [0.5, 0.6) is 0 Å². The van der Waals surface area contributed by atoms with Crippen LogP contribution in [0, 0.1) is 0 Å². The van der Waals surface area contributed by atoms with Gasteiger partial charge in [0.25, 0.3) is 0 Å². The van der Waals surface area contributed by atoms with E-state index < -0.39 is 5.54 Å². The highest BCUT2D eigenvalue weighted by Crippen LogP contribution is 2.35. The highest BCUT2D eigenvalue weighted by Gasteiger charge is 2.48. The van der Waals surface area contributed by atoms with E-state index in [1.165, 1.54) is 0 Å². The fourth-order valence-electron chi connectivity index (χ4n) is 2.37. The molecule has 1 aliphatic carbocycles. The van der Waals surface area contributed by atoms with Gasteiger partial charge in [0.2, 0.25) is 5.91 Å². The predicted molar refractivity (Wildman–Crippen MR) is 67.9 cm³/mol. The number of benzene rings is 1. The lowest BCUT2D eigenvalue weighted by atomic mass is 10.1. The van der Waals surface area contributed by atoms with E-state index in [2.05, 4.69) is 0 Å². The Kier molecular flexibility index (Phi) is 2.84. The molecule has 4 heteroatoms. The molecule has 18 heavy (non-hydrogen) atoms. The Morgan fingerprint density at radius 3 is 2.72 bits per heavy atom. The normalized spacial score (nSPS) is 25.8. The summed E-state index contributed by atoms with van der Waals surface area (Å²) in [7, 11) is 0. The molecule has 3 rings (SSSR count). The summed E-state index contributed by atoms with van der Waals surface area (Å²) in [5.74, 6) is 0.0896. The van der Waals surface area contributed by atoms with Crippen LogP contribution in [-0.2, 0) is 9.53 Å². The van der Waals surface area contributed by atoms with Gasteiger partial charge < -0.3 is 15.4 Å². The predicted octanol–water partition coefficient (Wildman–Crippen LogP) is 1.08. The molecule has 1 amide bonds. The quantitative estimate of drug-likeness (QED) is 0.849. The first-order valence-electron chi connectivity index (χ1n) is 6.44. The number of morpholine rings is 1. The maximum Gasteiger partial charge on any atom is 0.242 e. The molecular weight excluding hydrogens is 228 g/mol. The number of hydrogen-bond donors (Lipinski definition) is 1. The molecule has 96 valence electrons. The summed E-state index contributed by atoms with van der Waals surface area (Å²) in [6.45, 7) is 1.85. The van der Waals surface area contributed by atoms with Gasteiger partial charge in [-0.2, -0.15) is 0 Å². The summed E-state index contributed by atoms with van der Waals surface area (Å²) >= 11 is 0. The number of carbonyl (C=O) groups excluding carboxylic acids is 1. The van der Waals surface area contributed by atoms with Crippen LogP contribution in [0.15, 0.2) is 30.3 Å². The Morgan fingerprint density at radius 2 is 2.06 bits per heavy atom. The Hall–Kier alpha value is -1.39. The Morgan fingerprint density at radius 1 is 1.33 bits per heavy atom. The summed E-state index contributed by atoms with van der Waals surface area (Å²) in [4.78, 5) is 14.1. The third-order valence-corrected chi connectivity index (χ3v) is 3.74. The van der Waals surface area contributed by atoms with E-state index in [4.69, 9.17) is 10.5 Å². The Labute approximate surface area is 107 Å². The van der Waals surface area contributed by atoms with Gasteiger partial charge in [-0.1, -0.05) is 30.3 Å². The minimum Gasteiger partial charge on any atom is -0.370 e. The Bertz CT molecular complexity index is 442. The van der Waals surface area contributed by atoms with Crippen molar-refractivity contribution in [1.29, 1.82) is 0 Å². The zero-order chi connectivity index (χ0) is 12.6. The second-order valence-corrected chi connectivity index (χ2v) is 5.18. The van der Waals surface area contributed by atoms with Crippen LogP contribution in [0.3, 0.4) is 0 Å². The number of amides is 1. The minimum absolute atomic E-state index is 0.0220. The van der Waals surface area contributed by atoms with Crippen LogP contribution >= 0.6 is 0 Å². The van der Waals surface area contributed by atoms with E-state index in [1.807, 2.05) is 35.2 Å². The van der Waals surface area contributed by atoms with Crippen LogP contribution in [0.4, 0.5) is 0 Å². The van der Waals surface area contributed by atoms with Crippen LogP contribution in [0.1, 0.15) is 24.5 Å². The maximum absolute atomic E-state index is 12.2.